The Kier molecular flexibility index (Phi) is 3.78. The van der Waals surface area contributed by atoms with Gasteiger partial charge in [-0.05, 0) is 18.1 Å². The number of anilines is 1. The minimum Gasteiger partial charge on any atom is -0.477 e. The van der Waals surface area contributed by atoms with Crippen molar-refractivity contribution >= 4 is 34.6 Å². The maximum Gasteiger partial charge on any atom is 0.348 e. The summed E-state index contributed by atoms with van der Waals surface area (Å²) in [4.78, 5) is 11.8. The molecule has 0 radical (unpaired) electrons. The SMILES string of the molecule is CCc1c(-c2cccc(F)c2Cl)sc(C(=O)O)c1N. The highest BCUT2D eigenvalue weighted by atomic mass is 35.5. The lowest BCUT2D eigenvalue weighted by atomic mass is 10.1. The topological polar surface area (TPSA) is 63.3 Å². The lowest BCUT2D eigenvalue weighted by molar-refractivity contribution is 0.0703. The molecule has 0 atom stereocenters. The summed E-state index contributed by atoms with van der Waals surface area (Å²) in [6.45, 7) is 1.86. The molecule has 0 aliphatic heterocycles. The number of hydrogen-bond donors (Lipinski definition) is 2. The molecule has 1 heterocycles. The summed E-state index contributed by atoms with van der Waals surface area (Å²) >= 11 is 6.96. The highest BCUT2D eigenvalue weighted by Crippen LogP contribution is 2.42. The van der Waals surface area contributed by atoms with Gasteiger partial charge >= 0.3 is 5.97 Å². The smallest absolute Gasteiger partial charge is 0.348 e. The monoisotopic (exact) mass is 299 g/mol. The molecule has 0 unspecified atom stereocenters. The van der Waals surface area contributed by atoms with Crippen molar-refractivity contribution < 1.29 is 14.3 Å². The fraction of sp³-hybridized carbons (Fsp3) is 0.154. The normalized spacial score (nSPS) is 10.7. The lowest BCUT2D eigenvalue weighted by Crippen LogP contribution is -1.99. The Morgan fingerprint density at radius 2 is 2.21 bits per heavy atom. The fourth-order valence-corrected chi connectivity index (χ4v) is 3.34. The Bertz CT molecular complexity index is 654. The van der Waals surface area contributed by atoms with Crippen molar-refractivity contribution in [3.63, 3.8) is 0 Å². The molecule has 19 heavy (non-hydrogen) atoms. The predicted octanol–water partition coefficient (Wildman–Crippen LogP) is 4.05. The molecule has 3 N–H and O–H groups in total. The second-order valence-electron chi connectivity index (χ2n) is 3.91. The molecule has 0 aliphatic rings. The van der Waals surface area contributed by atoms with Crippen LogP contribution in [0, 0.1) is 5.82 Å². The number of carbonyl (C=O) groups is 1. The molecule has 3 nitrogen and oxygen atoms in total. The van der Waals surface area contributed by atoms with E-state index in [2.05, 4.69) is 0 Å². The van der Waals surface area contributed by atoms with Crippen molar-refractivity contribution in [3.05, 3.63) is 39.5 Å². The lowest BCUT2D eigenvalue weighted by Gasteiger charge is -2.05. The summed E-state index contributed by atoms with van der Waals surface area (Å²) in [6, 6.07) is 4.44. The summed E-state index contributed by atoms with van der Waals surface area (Å²) in [5.41, 5.74) is 7.23. The van der Waals surface area contributed by atoms with E-state index in [0.29, 0.717) is 22.4 Å². The quantitative estimate of drug-likeness (QED) is 0.898. The van der Waals surface area contributed by atoms with Gasteiger partial charge in [-0.25, -0.2) is 9.18 Å². The summed E-state index contributed by atoms with van der Waals surface area (Å²) < 4.78 is 13.5. The number of rotatable bonds is 3. The van der Waals surface area contributed by atoms with E-state index in [9.17, 15) is 9.18 Å². The highest BCUT2D eigenvalue weighted by Gasteiger charge is 2.22. The maximum atomic E-state index is 13.5. The van der Waals surface area contributed by atoms with Crippen LogP contribution in [0.15, 0.2) is 18.2 Å². The third-order valence-corrected chi connectivity index (χ3v) is 4.45. The van der Waals surface area contributed by atoms with Crippen molar-refractivity contribution in [1.29, 1.82) is 0 Å². The van der Waals surface area contributed by atoms with Crippen LogP contribution in [-0.2, 0) is 6.42 Å². The van der Waals surface area contributed by atoms with Gasteiger partial charge < -0.3 is 10.8 Å². The molecule has 0 aliphatic carbocycles. The predicted molar refractivity (Wildman–Crippen MR) is 75.5 cm³/mol. The van der Waals surface area contributed by atoms with Gasteiger partial charge in [-0.3, -0.25) is 0 Å². The zero-order valence-electron chi connectivity index (χ0n) is 10.0. The molecule has 1 aromatic heterocycles. The van der Waals surface area contributed by atoms with Crippen LogP contribution in [0.3, 0.4) is 0 Å². The Hall–Kier alpha value is -1.59. The largest absolute Gasteiger partial charge is 0.477 e. The van der Waals surface area contributed by atoms with Crippen molar-refractivity contribution in [1.82, 2.24) is 0 Å². The summed E-state index contributed by atoms with van der Waals surface area (Å²) in [7, 11) is 0. The van der Waals surface area contributed by atoms with E-state index in [1.54, 1.807) is 6.07 Å². The number of hydrogen-bond acceptors (Lipinski definition) is 3. The molecule has 1 aromatic carbocycles. The van der Waals surface area contributed by atoms with Crippen molar-refractivity contribution in [2.75, 3.05) is 5.73 Å². The van der Waals surface area contributed by atoms with Gasteiger partial charge in [0.25, 0.3) is 0 Å². The summed E-state index contributed by atoms with van der Waals surface area (Å²) in [5, 5.41) is 9.07. The highest BCUT2D eigenvalue weighted by molar-refractivity contribution is 7.18. The molecular formula is C13H11ClFNO2S. The van der Waals surface area contributed by atoms with Gasteiger partial charge in [-0.2, -0.15) is 0 Å². The van der Waals surface area contributed by atoms with E-state index in [1.807, 2.05) is 6.92 Å². The number of halogens is 2. The van der Waals surface area contributed by atoms with E-state index >= 15 is 0 Å². The third kappa shape index (κ3) is 2.31. The number of carboxylic acids is 1. The first-order chi connectivity index (χ1) is 8.97. The van der Waals surface area contributed by atoms with Crippen LogP contribution in [0.2, 0.25) is 5.02 Å². The number of thiophene rings is 1. The molecule has 0 amide bonds. The van der Waals surface area contributed by atoms with Crippen molar-refractivity contribution in [2.45, 2.75) is 13.3 Å². The first-order valence-electron chi connectivity index (χ1n) is 5.56. The van der Waals surface area contributed by atoms with Crippen LogP contribution in [0.5, 0.6) is 0 Å². The molecule has 2 aromatic rings. The zero-order valence-corrected chi connectivity index (χ0v) is 11.6. The van der Waals surface area contributed by atoms with E-state index < -0.39 is 11.8 Å². The number of nitrogens with two attached hydrogens (primary N) is 1. The summed E-state index contributed by atoms with van der Waals surface area (Å²) in [5.74, 6) is -1.62. The van der Waals surface area contributed by atoms with Crippen molar-refractivity contribution in [3.8, 4) is 10.4 Å². The standard InChI is InChI=1S/C13H11ClFNO2S/c1-2-6-10(16)12(13(17)18)19-11(6)7-4-3-5-8(15)9(7)14/h3-5H,2,16H2,1H3,(H,17,18). The van der Waals surface area contributed by atoms with E-state index in [4.69, 9.17) is 22.4 Å². The molecule has 0 saturated heterocycles. The molecule has 6 heteroatoms. The average molecular weight is 300 g/mol. The van der Waals surface area contributed by atoms with Crippen LogP contribution in [-0.4, -0.2) is 11.1 Å². The molecule has 0 bridgehead atoms. The summed E-state index contributed by atoms with van der Waals surface area (Å²) in [6.07, 6.45) is 0.553. The molecule has 2 rings (SSSR count). The van der Waals surface area contributed by atoms with Gasteiger partial charge in [0.2, 0.25) is 0 Å². The van der Waals surface area contributed by atoms with Crippen LogP contribution in [0.1, 0.15) is 22.2 Å². The number of benzene rings is 1. The van der Waals surface area contributed by atoms with E-state index in [1.165, 1.54) is 12.1 Å². The molecular weight excluding hydrogens is 289 g/mol. The van der Waals surface area contributed by atoms with Gasteiger partial charge in [0.05, 0.1) is 10.7 Å². The van der Waals surface area contributed by atoms with Crippen LogP contribution >= 0.6 is 22.9 Å². The first kappa shape index (κ1) is 13.8. The second-order valence-corrected chi connectivity index (χ2v) is 5.31. The molecule has 0 fully saturated rings. The number of aromatic carboxylic acids is 1. The molecule has 100 valence electrons. The van der Waals surface area contributed by atoms with Crippen LogP contribution in [0.4, 0.5) is 10.1 Å². The minimum absolute atomic E-state index is 0.0182. The van der Waals surface area contributed by atoms with Gasteiger partial charge in [-0.1, -0.05) is 30.7 Å². The molecule has 0 saturated carbocycles. The van der Waals surface area contributed by atoms with E-state index in [-0.39, 0.29) is 15.6 Å². The fourth-order valence-electron chi connectivity index (χ4n) is 1.88. The van der Waals surface area contributed by atoms with Gasteiger partial charge in [0, 0.05) is 10.4 Å². The zero-order chi connectivity index (χ0) is 14.2. The second kappa shape index (κ2) is 5.19. The number of carboxylic acid groups (broad SMARTS) is 1. The minimum atomic E-state index is -1.09. The van der Waals surface area contributed by atoms with Crippen LogP contribution < -0.4 is 5.73 Å². The van der Waals surface area contributed by atoms with E-state index in [0.717, 1.165) is 11.3 Å². The Balaban J connectivity index is 2.72. The van der Waals surface area contributed by atoms with Gasteiger partial charge in [0.15, 0.2) is 0 Å². The average Bonchev–Trinajstić information content (AvgIpc) is 2.69. The third-order valence-electron chi connectivity index (χ3n) is 2.79. The Morgan fingerprint density at radius 3 is 2.79 bits per heavy atom. The Labute approximate surface area is 118 Å². The first-order valence-corrected chi connectivity index (χ1v) is 6.75. The van der Waals surface area contributed by atoms with Crippen molar-refractivity contribution in [2.24, 2.45) is 0 Å². The van der Waals surface area contributed by atoms with Crippen LogP contribution in [0.25, 0.3) is 10.4 Å². The van der Waals surface area contributed by atoms with Gasteiger partial charge in [0.1, 0.15) is 10.7 Å². The van der Waals surface area contributed by atoms with Gasteiger partial charge in [-0.15, -0.1) is 11.3 Å². The maximum absolute atomic E-state index is 13.5. The number of nitrogen functional groups attached to an aromatic ring is 1. The molecule has 0 spiro atoms. The Morgan fingerprint density at radius 1 is 1.53 bits per heavy atom.